The zero-order valence-corrected chi connectivity index (χ0v) is 12.7. The SMILES string of the molecule is CC1COC(CBr)CN1C(=O)c1ccc(Cl)c(F)c1. The maximum atomic E-state index is 13.4. The number of hydrogen-bond acceptors (Lipinski definition) is 2. The molecule has 1 heterocycles. The molecule has 1 aromatic carbocycles. The van der Waals surface area contributed by atoms with Gasteiger partial charge < -0.3 is 9.64 Å². The van der Waals surface area contributed by atoms with Crippen molar-refractivity contribution in [1.29, 1.82) is 0 Å². The van der Waals surface area contributed by atoms with Crippen LogP contribution in [0.4, 0.5) is 4.39 Å². The van der Waals surface area contributed by atoms with Crippen molar-refractivity contribution in [3.63, 3.8) is 0 Å². The summed E-state index contributed by atoms with van der Waals surface area (Å²) in [5.41, 5.74) is 0.309. The zero-order valence-electron chi connectivity index (χ0n) is 10.4. The van der Waals surface area contributed by atoms with Gasteiger partial charge in [0, 0.05) is 17.4 Å². The van der Waals surface area contributed by atoms with Crippen molar-refractivity contribution < 1.29 is 13.9 Å². The quantitative estimate of drug-likeness (QED) is 0.767. The number of halogens is 3. The number of ether oxygens (including phenoxy) is 1. The van der Waals surface area contributed by atoms with Crippen molar-refractivity contribution in [2.75, 3.05) is 18.5 Å². The van der Waals surface area contributed by atoms with Gasteiger partial charge in [0.1, 0.15) is 5.82 Å². The number of benzene rings is 1. The molecule has 0 saturated carbocycles. The van der Waals surface area contributed by atoms with Crippen molar-refractivity contribution in [2.24, 2.45) is 0 Å². The molecule has 2 rings (SSSR count). The molecule has 0 spiro atoms. The largest absolute Gasteiger partial charge is 0.373 e. The van der Waals surface area contributed by atoms with Crippen LogP contribution in [-0.4, -0.2) is 41.4 Å². The molecule has 1 fully saturated rings. The summed E-state index contributed by atoms with van der Waals surface area (Å²) in [5.74, 6) is -0.775. The lowest BCUT2D eigenvalue weighted by Gasteiger charge is -2.37. The van der Waals surface area contributed by atoms with Crippen LogP contribution in [0.1, 0.15) is 17.3 Å². The van der Waals surface area contributed by atoms with Crippen LogP contribution in [0.25, 0.3) is 0 Å². The van der Waals surface area contributed by atoms with E-state index in [1.165, 1.54) is 12.1 Å². The molecule has 0 aliphatic carbocycles. The van der Waals surface area contributed by atoms with Crippen molar-refractivity contribution in [2.45, 2.75) is 19.1 Å². The Hall–Kier alpha value is -0.650. The zero-order chi connectivity index (χ0) is 14.0. The van der Waals surface area contributed by atoms with Gasteiger partial charge in [-0.25, -0.2) is 4.39 Å². The molecule has 1 saturated heterocycles. The molecule has 2 atom stereocenters. The maximum Gasteiger partial charge on any atom is 0.254 e. The summed E-state index contributed by atoms with van der Waals surface area (Å²) >= 11 is 8.96. The predicted octanol–water partition coefficient (Wildman–Crippen LogP) is 3.10. The van der Waals surface area contributed by atoms with Gasteiger partial charge in [-0.2, -0.15) is 0 Å². The number of carbonyl (C=O) groups excluding carboxylic acids is 1. The lowest BCUT2D eigenvalue weighted by molar-refractivity contribution is -0.0361. The topological polar surface area (TPSA) is 29.5 Å². The van der Waals surface area contributed by atoms with Gasteiger partial charge in [-0.15, -0.1) is 0 Å². The Morgan fingerprint density at radius 3 is 3.00 bits per heavy atom. The summed E-state index contributed by atoms with van der Waals surface area (Å²) < 4.78 is 19.0. The predicted molar refractivity (Wildman–Crippen MR) is 75.4 cm³/mol. The molecule has 1 aliphatic rings. The molecular formula is C13H14BrClFNO2. The highest BCUT2D eigenvalue weighted by Crippen LogP contribution is 2.20. The number of morpholine rings is 1. The number of nitrogens with zero attached hydrogens (tertiary/aromatic N) is 1. The Balaban J connectivity index is 2.19. The third-order valence-corrected chi connectivity index (χ3v) is 4.13. The fraction of sp³-hybridized carbons (Fsp3) is 0.462. The summed E-state index contributed by atoms with van der Waals surface area (Å²) in [4.78, 5) is 14.1. The average Bonchev–Trinajstić information content (AvgIpc) is 2.41. The van der Waals surface area contributed by atoms with Gasteiger partial charge in [-0.1, -0.05) is 27.5 Å². The van der Waals surface area contributed by atoms with E-state index < -0.39 is 5.82 Å². The van der Waals surface area contributed by atoms with Crippen LogP contribution in [0.3, 0.4) is 0 Å². The standard InChI is InChI=1S/C13H14BrClFNO2/c1-8-7-19-10(5-14)6-17(8)13(18)9-2-3-11(15)12(16)4-9/h2-4,8,10H,5-7H2,1H3. The van der Waals surface area contributed by atoms with E-state index in [0.29, 0.717) is 24.0 Å². The first-order chi connectivity index (χ1) is 9.02. The van der Waals surface area contributed by atoms with Crippen LogP contribution in [-0.2, 0) is 4.74 Å². The second kappa shape index (κ2) is 6.20. The lowest BCUT2D eigenvalue weighted by Crippen LogP contribution is -2.51. The molecule has 2 unspecified atom stereocenters. The smallest absolute Gasteiger partial charge is 0.254 e. The highest BCUT2D eigenvalue weighted by atomic mass is 79.9. The second-order valence-corrected chi connectivity index (χ2v) is 5.60. The summed E-state index contributed by atoms with van der Waals surface area (Å²) in [6.07, 6.45) is -0.0303. The van der Waals surface area contributed by atoms with Gasteiger partial charge in [-0.05, 0) is 25.1 Å². The van der Waals surface area contributed by atoms with E-state index in [1.807, 2.05) is 6.92 Å². The van der Waals surface area contributed by atoms with Crippen LogP contribution in [0.5, 0.6) is 0 Å². The summed E-state index contributed by atoms with van der Waals surface area (Å²) in [7, 11) is 0. The molecule has 104 valence electrons. The fourth-order valence-electron chi connectivity index (χ4n) is 1.99. The average molecular weight is 351 g/mol. The number of carbonyl (C=O) groups is 1. The lowest BCUT2D eigenvalue weighted by atomic mass is 10.1. The minimum Gasteiger partial charge on any atom is -0.373 e. The minimum absolute atomic E-state index is 0.0184. The van der Waals surface area contributed by atoms with E-state index in [9.17, 15) is 9.18 Å². The van der Waals surface area contributed by atoms with Crippen molar-refractivity contribution in [3.05, 3.63) is 34.6 Å². The molecule has 0 bridgehead atoms. The number of rotatable bonds is 2. The first-order valence-electron chi connectivity index (χ1n) is 5.96. The van der Waals surface area contributed by atoms with E-state index in [-0.39, 0.29) is 23.1 Å². The highest BCUT2D eigenvalue weighted by molar-refractivity contribution is 9.09. The summed E-state index contributed by atoms with van der Waals surface area (Å²) in [6, 6.07) is 4.09. The Bertz CT molecular complexity index is 486. The van der Waals surface area contributed by atoms with E-state index in [4.69, 9.17) is 16.3 Å². The molecule has 6 heteroatoms. The monoisotopic (exact) mass is 349 g/mol. The third kappa shape index (κ3) is 3.27. The minimum atomic E-state index is -0.578. The summed E-state index contributed by atoms with van der Waals surface area (Å²) in [6.45, 7) is 2.89. The molecule has 0 radical (unpaired) electrons. The van der Waals surface area contributed by atoms with Gasteiger partial charge in [0.2, 0.25) is 0 Å². The normalized spacial score (nSPS) is 23.5. The Labute approximate surface area is 124 Å². The van der Waals surface area contributed by atoms with Crippen LogP contribution in [0, 0.1) is 5.82 Å². The van der Waals surface area contributed by atoms with Crippen molar-refractivity contribution >= 4 is 33.4 Å². The third-order valence-electron chi connectivity index (χ3n) is 3.11. The van der Waals surface area contributed by atoms with Crippen LogP contribution in [0.15, 0.2) is 18.2 Å². The van der Waals surface area contributed by atoms with E-state index in [0.717, 1.165) is 0 Å². The first-order valence-corrected chi connectivity index (χ1v) is 7.46. The van der Waals surface area contributed by atoms with Crippen molar-refractivity contribution in [1.82, 2.24) is 4.90 Å². The maximum absolute atomic E-state index is 13.4. The molecule has 1 aliphatic heterocycles. The van der Waals surface area contributed by atoms with E-state index in [2.05, 4.69) is 15.9 Å². The van der Waals surface area contributed by atoms with E-state index >= 15 is 0 Å². The number of alkyl halides is 1. The highest BCUT2D eigenvalue weighted by Gasteiger charge is 2.29. The van der Waals surface area contributed by atoms with Crippen molar-refractivity contribution in [3.8, 4) is 0 Å². The van der Waals surface area contributed by atoms with Gasteiger partial charge in [0.15, 0.2) is 0 Å². The van der Waals surface area contributed by atoms with Gasteiger partial charge in [0.05, 0.1) is 23.8 Å². The first kappa shape index (κ1) is 14.8. The van der Waals surface area contributed by atoms with Gasteiger partial charge in [-0.3, -0.25) is 4.79 Å². The summed E-state index contributed by atoms with van der Waals surface area (Å²) in [5, 5.41) is 0.684. The fourth-order valence-corrected chi connectivity index (χ4v) is 2.50. The Morgan fingerprint density at radius 2 is 2.37 bits per heavy atom. The number of amides is 1. The molecule has 0 aromatic heterocycles. The molecule has 19 heavy (non-hydrogen) atoms. The molecule has 3 nitrogen and oxygen atoms in total. The second-order valence-electron chi connectivity index (χ2n) is 4.55. The Kier molecular flexibility index (Phi) is 4.81. The van der Waals surface area contributed by atoms with Crippen LogP contribution < -0.4 is 0 Å². The molecule has 1 aromatic rings. The van der Waals surface area contributed by atoms with Crippen LogP contribution in [0.2, 0.25) is 5.02 Å². The number of hydrogen-bond donors (Lipinski definition) is 0. The molecule has 1 amide bonds. The molecule has 0 N–H and O–H groups in total. The van der Waals surface area contributed by atoms with Gasteiger partial charge >= 0.3 is 0 Å². The van der Waals surface area contributed by atoms with Gasteiger partial charge in [0.25, 0.3) is 5.91 Å². The van der Waals surface area contributed by atoms with E-state index in [1.54, 1.807) is 11.0 Å². The molecular weight excluding hydrogens is 337 g/mol. The Morgan fingerprint density at radius 1 is 1.63 bits per heavy atom. The van der Waals surface area contributed by atoms with Crippen LogP contribution >= 0.6 is 27.5 Å².